The fraction of sp³-hybridized carbons (Fsp3) is 0.289. The van der Waals surface area contributed by atoms with Gasteiger partial charge >= 0.3 is 5.97 Å². The van der Waals surface area contributed by atoms with Crippen LogP contribution in [-0.2, 0) is 37.0 Å². The van der Waals surface area contributed by atoms with E-state index in [1.54, 1.807) is 11.6 Å². The van der Waals surface area contributed by atoms with Crippen LogP contribution in [0.4, 0.5) is 0 Å². The van der Waals surface area contributed by atoms with Crippen molar-refractivity contribution in [3.63, 3.8) is 0 Å². The molecule has 1 aliphatic heterocycles. The van der Waals surface area contributed by atoms with Gasteiger partial charge in [0.2, 0.25) is 5.16 Å². The molecule has 4 aromatic carbocycles. The maximum atomic E-state index is 12.3. The van der Waals surface area contributed by atoms with Gasteiger partial charge in [0.15, 0.2) is 12.4 Å². The van der Waals surface area contributed by atoms with Crippen LogP contribution in [0.1, 0.15) is 55.4 Å². The zero-order valence-corrected chi connectivity index (χ0v) is 28.8. The fourth-order valence-corrected chi connectivity index (χ4v) is 6.85. The zero-order valence-electron chi connectivity index (χ0n) is 28.0. The molecule has 50 heavy (non-hydrogen) atoms. The average molecular weight is 694 g/mol. The summed E-state index contributed by atoms with van der Waals surface area (Å²) in [6, 6.07) is 33.6. The molecule has 0 spiro atoms. The molecule has 1 aliphatic rings. The van der Waals surface area contributed by atoms with Gasteiger partial charge in [-0.15, -0.1) is 5.10 Å². The van der Waals surface area contributed by atoms with Crippen molar-refractivity contribution >= 4 is 23.6 Å². The maximum absolute atomic E-state index is 12.3. The second-order valence-corrected chi connectivity index (χ2v) is 13.1. The van der Waals surface area contributed by atoms with E-state index in [1.807, 2.05) is 103 Å². The van der Waals surface area contributed by atoms with Gasteiger partial charge in [0.1, 0.15) is 0 Å². The quantitative estimate of drug-likeness (QED) is 0.119. The second-order valence-electron chi connectivity index (χ2n) is 12.1. The van der Waals surface area contributed by atoms with Gasteiger partial charge in [-0.2, -0.15) is 4.68 Å². The maximum Gasteiger partial charge on any atom is 0.303 e. The van der Waals surface area contributed by atoms with Gasteiger partial charge < -0.3 is 24.6 Å². The van der Waals surface area contributed by atoms with Crippen molar-refractivity contribution in [3.05, 3.63) is 125 Å². The third kappa shape index (κ3) is 8.45. The Bertz CT molecular complexity index is 1890. The SMILES string of the molecule is CC(=O)O[C@@H](C)C(=O)NCc1cccc(-c2ccc([C@H]3O[C@@H](CSc4nnnn4-c4ccccc4)[C@@H](C)[C@@H](c4ccc(CO)cc4)O3)cc2)c1. The number of aliphatic hydroxyl groups is 1. The van der Waals surface area contributed by atoms with Crippen LogP contribution in [0.15, 0.2) is 108 Å². The monoisotopic (exact) mass is 693 g/mol. The summed E-state index contributed by atoms with van der Waals surface area (Å²) in [6.45, 7) is 5.22. The Balaban J connectivity index is 1.18. The molecule has 1 aromatic heterocycles. The number of rotatable bonds is 12. The van der Waals surface area contributed by atoms with Gasteiger partial charge in [0.25, 0.3) is 5.91 Å². The van der Waals surface area contributed by atoms with Crippen LogP contribution in [-0.4, -0.2) is 55.2 Å². The number of carbonyl (C=O) groups excluding carboxylic acids is 2. The van der Waals surface area contributed by atoms with E-state index in [4.69, 9.17) is 14.2 Å². The molecule has 12 heteroatoms. The van der Waals surface area contributed by atoms with Crippen molar-refractivity contribution in [2.45, 2.75) is 63.7 Å². The van der Waals surface area contributed by atoms with Crippen molar-refractivity contribution in [2.24, 2.45) is 5.92 Å². The highest BCUT2D eigenvalue weighted by molar-refractivity contribution is 7.99. The minimum absolute atomic E-state index is 0.000651. The highest BCUT2D eigenvalue weighted by Crippen LogP contribution is 2.43. The molecule has 0 aliphatic carbocycles. The van der Waals surface area contributed by atoms with E-state index in [9.17, 15) is 14.7 Å². The van der Waals surface area contributed by atoms with Crippen molar-refractivity contribution in [1.82, 2.24) is 25.5 Å². The number of carbonyl (C=O) groups is 2. The first kappa shape index (κ1) is 35.0. The zero-order chi connectivity index (χ0) is 35.0. The van der Waals surface area contributed by atoms with Crippen LogP contribution < -0.4 is 5.32 Å². The van der Waals surface area contributed by atoms with E-state index in [1.165, 1.54) is 18.7 Å². The lowest BCUT2D eigenvalue weighted by molar-refractivity contribution is -0.268. The third-order valence-corrected chi connectivity index (χ3v) is 9.57. The van der Waals surface area contributed by atoms with E-state index in [2.05, 4.69) is 27.8 Å². The van der Waals surface area contributed by atoms with Gasteiger partial charge in [-0.05, 0) is 63.4 Å². The molecule has 258 valence electrons. The lowest BCUT2D eigenvalue weighted by Crippen LogP contribution is -2.38. The second kappa shape index (κ2) is 16.2. The summed E-state index contributed by atoms with van der Waals surface area (Å²) in [4.78, 5) is 23.5. The van der Waals surface area contributed by atoms with Crippen LogP contribution in [0.25, 0.3) is 16.8 Å². The van der Waals surface area contributed by atoms with Gasteiger partial charge in [-0.25, -0.2) is 0 Å². The van der Waals surface area contributed by atoms with Crippen molar-refractivity contribution in [3.8, 4) is 16.8 Å². The molecule has 0 saturated carbocycles. The molecule has 6 rings (SSSR count). The van der Waals surface area contributed by atoms with Crippen molar-refractivity contribution in [2.75, 3.05) is 5.75 Å². The van der Waals surface area contributed by atoms with Crippen LogP contribution in [0.5, 0.6) is 0 Å². The molecule has 5 atom stereocenters. The van der Waals surface area contributed by atoms with Crippen LogP contribution in [0, 0.1) is 5.92 Å². The number of ether oxygens (including phenoxy) is 3. The van der Waals surface area contributed by atoms with E-state index in [0.29, 0.717) is 17.5 Å². The molecule has 1 fully saturated rings. The largest absolute Gasteiger partial charge is 0.453 e. The highest BCUT2D eigenvalue weighted by atomic mass is 32.2. The van der Waals surface area contributed by atoms with Gasteiger partial charge in [-0.3, -0.25) is 9.59 Å². The average Bonchev–Trinajstić information content (AvgIpc) is 3.62. The first-order chi connectivity index (χ1) is 24.3. The number of hydrogen-bond acceptors (Lipinski definition) is 10. The molecule has 1 saturated heterocycles. The lowest BCUT2D eigenvalue weighted by Gasteiger charge is -2.41. The first-order valence-corrected chi connectivity index (χ1v) is 17.4. The number of nitrogens with one attached hydrogen (secondary N) is 1. The number of thioether (sulfide) groups is 1. The number of tetrazole rings is 1. The van der Waals surface area contributed by atoms with E-state index < -0.39 is 18.4 Å². The Kier molecular flexibility index (Phi) is 11.3. The van der Waals surface area contributed by atoms with E-state index >= 15 is 0 Å². The third-order valence-electron chi connectivity index (χ3n) is 8.56. The van der Waals surface area contributed by atoms with E-state index in [0.717, 1.165) is 39.1 Å². The van der Waals surface area contributed by atoms with E-state index in [-0.39, 0.29) is 30.6 Å². The Morgan fingerprint density at radius 3 is 2.38 bits per heavy atom. The Labute approximate surface area is 295 Å². The number of hydrogen-bond donors (Lipinski definition) is 2. The summed E-state index contributed by atoms with van der Waals surface area (Å²) in [5.74, 6) is -0.258. The number of benzene rings is 4. The van der Waals surface area contributed by atoms with Crippen LogP contribution >= 0.6 is 11.8 Å². The van der Waals surface area contributed by atoms with Gasteiger partial charge in [0, 0.05) is 30.7 Å². The fourth-order valence-electron chi connectivity index (χ4n) is 5.80. The summed E-state index contributed by atoms with van der Waals surface area (Å²) in [5.41, 5.74) is 6.50. The smallest absolute Gasteiger partial charge is 0.303 e. The topological polar surface area (TPSA) is 138 Å². The predicted molar refractivity (Wildman–Crippen MR) is 188 cm³/mol. The molecule has 11 nitrogen and oxygen atoms in total. The molecule has 0 bridgehead atoms. The predicted octanol–water partition coefficient (Wildman–Crippen LogP) is 5.97. The molecule has 2 N–H and O–H groups in total. The van der Waals surface area contributed by atoms with Crippen LogP contribution in [0.2, 0.25) is 0 Å². The number of esters is 1. The number of aliphatic hydroxyl groups excluding tert-OH is 1. The summed E-state index contributed by atoms with van der Waals surface area (Å²) in [7, 11) is 0. The first-order valence-electron chi connectivity index (χ1n) is 16.4. The number of amides is 1. The Morgan fingerprint density at radius 2 is 1.66 bits per heavy atom. The summed E-state index contributed by atoms with van der Waals surface area (Å²) in [6.07, 6.45) is -1.94. The van der Waals surface area contributed by atoms with Crippen LogP contribution in [0.3, 0.4) is 0 Å². The molecule has 1 amide bonds. The van der Waals surface area contributed by atoms with Gasteiger partial charge in [0.05, 0.1) is 24.5 Å². The summed E-state index contributed by atoms with van der Waals surface area (Å²) >= 11 is 1.54. The highest BCUT2D eigenvalue weighted by Gasteiger charge is 2.38. The number of para-hydroxylation sites is 1. The normalized spacial score (nSPS) is 19.4. The minimum atomic E-state index is -0.861. The number of aromatic nitrogens is 4. The molecule has 2 heterocycles. The lowest BCUT2D eigenvalue weighted by atomic mass is 9.91. The Morgan fingerprint density at radius 1 is 0.920 bits per heavy atom. The summed E-state index contributed by atoms with van der Waals surface area (Å²) < 4.78 is 20.0. The number of nitrogens with zero attached hydrogens (tertiary/aromatic N) is 4. The standard InChI is InChI=1S/C38H39N5O6S/c1-24-34(23-50-38-40-41-42-43(38)33-10-5-4-6-11-33)48-37(49-35(24)30-14-12-27(22-44)13-15-30)31-18-16-29(17-19-31)32-9-7-8-28(20-32)21-39-36(46)25(2)47-26(3)45/h4-20,24-25,34-35,37,44H,21-23H2,1-3H3,(H,39,46)/t24-,25+,34+,35+,37+/m1/s1. The molecule has 0 radical (unpaired) electrons. The molecule has 5 aromatic rings. The van der Waals surface area contributed by atoms with Gasteiger partial charge in [-0.1, -0.05) is 104 Å². The minimum Gasteiger partial charge on any atom is -0.453 e. The Hall–Kier alpha value is -4.88. The molecular weight excluding hydrogens is 655 g/mol. The molecular formula is C38H39N5O6S. The van der Waals surface area contributed by atoms with Crippen molar-refractivity contribution < 1.29 is 28.9 Å². The summed E-state index contributed by atoms with van der Waals surface area (Å²) in [5, 5.41) is 25.5. The molecule has 0 unspecified atom stereocenters. The van der Waals surface area contributed by atoms with Crippen molar-refractivity contribution in [1.29, 1.82) is 0 Å².